The minimum atomic E-state index is -3.58. The number of nitrogens with one attached hydrogen (secondary N) is 1. The van der Waals surface area contributed by atoms with Crippen molar-refractivity contribution in [2.45, 2.75) is 77.4 Å². The van der Waals surface area contributed by atoms with Gasteiger partial charge in [-0.2, -0.15) is 0 Å². The molecule has 1 atom stereocenters. The number of hydrogen-bond acceptors (Lipinski definition) is 4. The van der Waals surface area contributed by atoms with Crippen LogP contribution < -0.4 is 9.62 Å². The van der Waals surface area contributed by atoms with Crippen LogP contribution in [-0.2, 0) is 32.6 Å². The van der Waals surface area contributed by atoms with Gasteiger partial charge in [-0.3, -0.25) is 13.9 Å². The van der Waals surface area contributed by atoms with Gasteiger partial charge in [-0.25, -0.2) is 8.42 Å². The van der Waals surface area contributed by atoms with Crippen LogP contribution in [-0.4, -0.2) is 50.0 Å². The highest BCUT2D eigenvalue weighted by Crippen LogP contribution is 2.25. The number of amides is 2. The van der Waals surface area contributed by atoms with Gasteiger partial charge in [0.05, 0.1) is 11.9 Å². The van der Waals surface area contributed by atoms with E-state index in [1.165, 1.54) is 10.6 Å². The summed E-state index contributed by atoms with van der Waals surface area (Å²) >= 11 is 6.29. The van der Waals surface area contributed by atoms with E-state index in [0.717, 1.165) is 47.9 Å². The molecular weight excluding hydrogens is 582 g/mol. The van der Waals surface area contributed by atoms with Crippen LogP contribution in [0.2, 0.25) is 5.02 Å². The summed E-state index contributed by atoms with van der Waals surface area (Å²) in [6, 6.07) is 22.1. The minimum Gasteiger partial charge on any atom is -0.352 e. The third-order valence-corrected chi connectivity index (χ3v) is 9.42. The summed E-state index contributed by atoms with van der Waals surface area (Å²) < 4.78 is 27.0. The van der Waals surface area contributed by atoms with E-state index in [2.05, 4.69) is 5.32 Å². The van der Waals surface area contributed by atoms with Gasteiger partial charge in [0.25, 0.3) is 0 Å². The molecule has 0 radical (unpaired) electrons. The maximum absolute atomic E-state index is 14.0. The molecule has 4 rings (SSSR count). The molecule has 3 aromatic carbocycles. The third-order valence-electron chi connectivity index (χ3n) is 8.00. The number of carbonyl (C=O) groups excluding carboxylic acids is 2. The number of halogens is 1. The average molecular weight is 624 g/mol. The molecule has 0 saturated heterocycles. The first-order valence-corrected chi connectivity index (χ1v) is 17.2. The average Bonchev–Trinajstić information content (AvgIpc) is 3.47. The fourth-order valence-corrected chi connectivity index (χ4v) is 6.95. The molecule has 1 fully saturated rings. The van der Waals surface area contributed by atoms with Crippen LogP contribution in [0.5, 0.6) is 0 Å². The molecular formula is C34H42ClN3O4S. The maximum Gasteiger partial charge on any atom is 0.243 e. The van der Waals surface area contributed by atoms with Gasteiger partial charge in [0.2, 0.25) is 21.8 Å². The van der Waals surface area contributed by atoms with E-state index in [1.807, 2.05) is 80.6 Å². The molecule has 230 valence electrons. The van der Waals surface area contributed by atoms with Crippen molar-refractivity contribution in [1.82, 2.24) is 10.2 Å². The molecule has 43 heavy (non-hydrogen) atoms. The van der Waals surface area contributed by atoms with Crippen molar-refractivity contribution in [3.63, 3.8) is 0 Å². The molecule has 1 aliphatic rings. The van der Waals surface area contributed by atoms with Crippen molar-refractivity contribution >= 4 is 39.1 Å². The van der Waals surface area contributed by atoms with Crippen molar-refractivity contribution in [2.24, 2.45) is 0 Å². The van der Waals surface area contributed by atoms with E-state index in [0.29, 0.717) is 23.6 Å². The summed E-state index contributed by atoms with van der Waals surface area (Å²) in [6.07, 6.45) is 5.97. The minimum absolute atomic E-state index is 0.0828. The van der Waals surface area contributed by atoms with Crippen LogP contribution in [0.4, 0.5) is 5.69 Å². The van der Waals surface area contributed by atoms with Crippen LogP contribution in [0.1, 0.15) is 60.8 Å². The Hall–Kier alpha value is -3.36. The van der Waals surface area contributed by atoms with E-state index in [4.69, 9.17) is 11.6 Å². The fraction of sp³-hybridized carbons (Fsp3) is 0.412. The number of anilines is 1. The van der Waals surface area contributed by atoms with Crippen LogP contribution >= 0.6 is 11.6 Å². The monoisotopic (exact) mass is 623 g/mol. The first-order chi connectivity index (χ1) is 20.5. The Labute approximate surface area is 261 Å². The van der Waals surface area contributed by atoms with Gasteiger partial charge in [-0.1, -0.05) is 79.0 Å². The van der Waals surface area contributed by atoms with Gasteiger partial charge in [0.1, 0.15) is 6.04 Å². The molecule has 0 bridgehead atoms. The van der Waals surface area contributed by atoms with E-state index in [1.54, 1.807) is 11.0 Å². The first-order valence-electron chi connectivity index (χ1n) is 14.9. The Morgan fingerprint density at radius 1 is 0.953 bits per heavy atom. The highest BCUT2D eigenvalue weighted by molar-refractivity contribution is 7.92. The molecule has 0 heterocycles. The Morgan fingerprint density at radius 2 is 1.65 bits per heavy atom. The van der Waals surface area contributed by atoms with Crippen molar-refractivity contribution in [3.05, 3.63) is 100 Å². The number of nitrogens with zero attached hydrogens (tertiary/aromatic N) is 2. The molecule has 0 spiro atoms. The van der Waals surface area contributed by atoms with Crippen molar-refractivity contribution < 1.29 is 18.0 Å². The summed E-state index contributed by atoms with van der Waals surface area (Å²) in [5.41, 5.74) is 4.19. The second kappa shape index (κ2) is 14.9. The van der Waals surface area contributed by atoms with E-state index >= 15 is 0 Å². The lowest BCUT2D eigenvalue weighted by atomic mass is 10.0. The number of benzene rings is 3. The van der Waals surface area contributed by atoms with Crippen LogP contribution in [0.25, 0.3) is 0 Å². The zero-order valence-electron chi connectivity index (χ0n) is 25.3. The molecule has 1 aliphatic carbocycles. The Balaban J connectivity index is 1.60. The lowest BCUT2D eigenvalue weighted by Crippen LogP contribution is -2.52. The highest BCUT2D eigenvalue weighted by Gasteiger charge is 2.32. The number of sulfonamides is 1. The SMILES string of the molecule is Cc1ccc(C)c(N(CCCC(=O)N(Cc2cccc(Cl)c2)[C@@H](Cc2ccccc2)C(=O)NC2CCCC2)S(C)(=O)=O)c1. The van der Waals surface area contributed by atoms with E-state index in [9.17, 15) is 18.0 Å². The van der Waals surface area contributed by atoms with Gasteiger partial charge in [-0.15, -0.1) is 0 Å². The van der Waals surface area contributed by atoms with Crippen molar-refractivity contribution in [2.75, 3.05) is 17.1 Å². The molecule has 1 saturated carbocycles. The van der Waals surface area contributed by atoms with E-state index < -0.39 is 16.1 Å². The Kier molecular flexibility index (Phi) is 11.3. The predicted molar refractivity (Wildman–Crippen MR) is 174 cm³/mol. The van der Waals surface area contributed by atoms with Crippen LogP contribution in [0.3, 0.4) is 0 Å². The summed E-state index contributed by atoms with van der Waals surface area (Å²) in [5, 5.41) is 3.77. The lowest BCUT2D eigenvalue weighted by Gasteiger charge is -2.33. The molecule has 0 unspecified atom stereocenters. The summed E-state index contributed by atoms with van der Waals surface area (Å²) in [4.78, 5) is 29.5. The van der Waals surface area contributed by atoms with Gasteiger partial charge < -0.3 is 10.2 Å². The smallest absolute Gasteiger partial charge is 0.243 e. The molecule has 1 N–H and O–H groups in total. The predicted octanol–water partition coefficient (Wildman–Crippen LogP) is 6.20. The lowest BCUT2D eigenvalue weighted by molar-refractivity contribution is -0.141. The number of carbonyl (C=O) groups is 2. The summed E-state index contributed by atoms with van der Waals surface area (Å²) in [5.74, 6) is -0.379. The molecule has 3 aromatic rings. The van der Waals surface area contributed by atoms with Gasteiger partial charge >= 0.3 is 0 Å². The standard InChI is InChI=1S/C34H42ClN3O4S/c1-25-18-19-26(2)31(21-25)38(43(3,41)42)20-10-17-33(39)37(24-28-13-9-14-29(35)22-28)32(23-27-11-5-4-6-12-27)34(40)36-30-15-7-8-16-30/h4-6,9,11-14,18-19,21-22,30,32H,7-8,10,15-17,20,23-24H2,1-3H3,(H,36,40)/t32-/m0/s1. The van der Waals surface area contributed by atoms with Gasteiger partial charge in [-0.05, 0) is 73.6 Å². The third kappa shape index (κ3) is 9.31. The van der Waals surface area contributed by atoms with Crippen LogP contribution in [0, 0.1) is 13.8 Å². The Bertz CT molecular complexity index is 1510. The molecule has 7 nitrogen and oxygen atoms in total. The largest absolute Gasteiger partial charge is 0.352 e. The van der Waals surface area contributed by atoms with E-state index in [-0.39, 0.29) is 37.4 Å². The summed E-state index contributed by atoms with van der Waals surface area (Å²) in [6.45, 7) is 4.16. The topological polar surface area (TPSA) is 86.8 Å². The first kappa shape index (κ1) is 32.6. The Morgan fingerprint density at radius 3 is 2.33 bits per heavy atom. The summed E-state index contributed by atoms with van der Waals surface area (Å²) in [7, 11) is -3.58. The van der Waals surface area contributed by atoms with Crippen molar-refractivity contribution in [3.8, 4) is 0 Å². The normalized spacial score (nSPS) is 14.3. The second-order valence-electron chi connectivity index (χ2n) is 11.6. The maximum atomic E-state index is 14.0. The quantitative estimate of drug-likeness (QED) is 0.246. The number of aryl methyl sites for hydroxylation is 2. The van der Waals surface area contributed by atoms with Gasteiger partial charge in [0, 0.05) is 37.0 Å². The van der Waals surface area contributed by atoms with Gasteiger partial charge in [0.15, 0.2) is 0 Å². The molecule has 0 aliphatic heterocycles. The number of hydrogen-bond donors (Lipinski definition) is 1. The zero-order valence-corrected chi connectivity index (χ0v) is 26.8. The number of rotatable bonds is 13. The zero-order chi connectivity index (χ0) is 31.0. The molecule has 9 heteroatoms. The second-order valence-corrected chi connectivity index (χ2v) is 13.9. The molecule has 2 amide bonds. The molecule has 0 aromatic heterocycles. The highest BCUT2D eigenvalue weighted by atomic mass is 35.5. The van der Waals surface area contributed by atoms with Crippen LogP contribution in [0.15, 0.2) is 72.8 Å². The fourth-order valence-electron chi connectivity index (χ4n) is 5.72. The van der Waals surface area contributed by atoms with Crippen molar-refractivity contribution in [1.29, 1.82) is 0 Å².